The second kappa shape index (κ2) is 15.1. The summed E-state index contributed by atoms with van der Waals surface area (Å²) >= 11 is 6.51. The summed E-state index contributed by atoms with van der Waals surface area (Å²) in [6.45, 7) is 17.0. The topological polar surface area (TPSA) is 28.2 Å². The van der Waals surface area contributed by atoms with E-state index >= 15 is 0 Å². The van der Waals surface area contributed by atoms with Crippen LogP contribution in [0.1, 0.15) is 89.5 Å². The van der Waals surface area contributed by atoms with Crippen LogP contribution in [0.2, 0.25) is 5.02 Å². The quantitative estimate of drug-likeness (QED) is 0.451. The molecule has 1 aromatic carbocycles. The van der Waals surface area contributed by atoms with Crippen LogP contribution in [0.25, 0.3) is 5.70 Å². The minimum atomic E-state index is 0.599. The molecular formula is C31H46ClN3. The van der Waals surface area contributed by atoms with Crippen molar-refractivity contribution in [1.82, 2.24) is 15.2 Å². The minimum absolute atomic E-state index is 0.599. The zero-order valence-electron chi connectivity index (χ0n) is 23.0. The first kappa shape index (κ1) is 29.1. The molecule has 1 aliphatic heterocycles. The average Bonchev–Trinajstić information content (AvgIpc) is 2.87. The summed E-state index contributed by atoms with van der Waals surface area (Å²) in [5.74, 6) is 0. The number of halogens is 1. The van der Waals surface area contributed by atoms with Crippen LogP contribution < -0.4 is 5.32 Å². The van der Waals surface area contributed by atoms with Crippen LogP contribution in [0, 0.1) is 6.92 Å². The van der Waals surface area contributed by atoms with Gasteiger partial charge in [0.2, 0.25) is 0 Å². The van der Waals surface area contributed by atoms with E-state index < -0.39 is 0 Å². The molecule has 2 heterocycles. The maximum absolute atomic E-state index is 6.51. The largest absolute Gasteiger partial charge is 0.358 e. The summed E-state index contributed by atoms with van der Waals surface area (Å²) in [4.78, 5) is 7.07. The molecule has 1 aliphatic carbocycles. The molecule has 1 aromatic heterocycles. The van der Waals surface area contributed by atoms with Gasteiger partial charge in [0, 0.05) is 53.5 Å². The molecule has 1 N–H and O–H groups in total. The molecule has 2 aromatic rings. The van der Waals surface area contributed by atoms with Gasteiger partial charge in [-0.2, -0.15) is 0 Å². The van der Waals surface area contributed by atoms with Gasteiger partial charge in [0.25, 0.3) is 0 Å². The summed E-state index contributed by atoms with van der Waals surface area (Å²) in [6.07, 6.45) is 13.1. The lowest BCUT2D eigenvalue weighted by Gasteiger charge is -2.39. The highest BCUT2D eigenvalue weighted by Crippen LogP contribution is 2.30. The van der Waals surface area contributed by atoms with E-state index in [4.69, 9.17) is 11.6 Å². The third-order valence-corrected chi connectivity index (χ3v) is 6.90. The van der Waals surface area contributed by atoms with Crippen molar-refractivity contribution in [3.8, 4) is 0 Å². The van der Waals surface area contributed by atoms with Gasteiger partial charge < -0.3 is 5.32 Å². The fourth-order valence-corrected chi connectivity index (χ4v) is 4.98. The van der Waals surface area contributed by atoms with E-state index in [9.17, 15) is 0 Å². The van der Waals surface area contributed by atoms with Gasteiger partial charge in [-0.25, -0.2) is 0 Å². The number of pyridine rings is 1. The molecule has 0 spiro atoms. The van der Waals surface area contributed by atoms with E-state index in [-0.39, 0.29) is 0 Å². The molecule has 4 rings (SSSR count). The molecule has 3 nitrogen and oxygen atoms in total. The molecule has 4 heteroatoms. The van der Waals surface area contributed by atoms with Crippen molar-refractivity contribution >= 4 is 17.3 Å². The van der Waals surface area contributed by atoms with Crippen LogP contribution in [-0.4, -0.2) is 29.0 Å². The number of fused-ring (bicyclic) bond motifs is 1. The molecule has 0 fully saturated rings. The first-order valence-electron chi connectivity index (χ1n) is 13.5. The Morgan fingerprint density at radius 1 is 1.11 bits per heavy atom. The standard InChI is InChI=1S/C26H32ClN3.C3H8.C2H6/c1-4-7-25(22-8-5-6-9-24(22)27)29-26-17-30(13-12-18(26)2)21-11-10-20-16-28-15-19(3)23(20)14-21;1-3-2;1-2/h5-9,15-16,21,29H,4,10-14,17H2,1-3H3;3H2,1-2H3;1-2H3/b25-7+;;. The molecule has 192 valence electrons. The van der Waals surface area contributed by atoms with Crippen molar-refractivity contribution in [3.63, 3.8) is 0 Å². The fourth-order valence-electron chi connectivity index (χ4n) is 4.74. The van der Waals surface area contributed by atoms with Crippen LogP contribution in [-0.2, 0) is 12.8 Å². The number of hydrogen-bond acceptors (Lipinski definition) is 3. The minimum Gasteiger partial charge on any atom is -0.358 e. The molecule has 2 aliphatic rings. The van der Waals surface area contributed by atoms with Crippen LogP contribution in [0.15, 0.2) is 54.0 Å². The summed E-state index contributed by atoms with van der Waals surface area (Å²) in [7, 11) is 0. The Morgan fingerprint density at radius 3 is 2.51 bits per heavy atom. The Balaban J connectivity index is 0.000000803. The smallest absolute Gasteiger partial charge is 0.0499 e. The van der Waals surface area contributed by atoms with Gasteiger partial charge in [-0.1, -0.05) is 82.5 Å². The summed E-state index contributed by atoms with van der Waals surface area (Å²) < 4.78 is 0. The van der Waals surface area contributed by atoms with Crippen LogP contribution >= 0.6 is 11.6 Å². The third-order valence-electron chi connectivity index (χ3n) is 6.57. The number of rotatable bonds is 5. The van der Waals surface area contributed by atoms with Gasteiger partial charge in [-0.3, -0.25) is 9.88 Å². The summed E-state index contributed by atoms with van der Waals surface area (Å²) in [5, 5.41) is 4.56. The van der Waals surface area contributed by atoms with E-state index in [0.29, 0.717) is 6.04 Å². The van der Waals surface area contributed by atoms with Gasteiger partial charge in [0.1, 0.15) is 0 Å². The lowest BCUT2D eigenvalue weighted by molar-refractivity contribution is 0.185. The first-order valence-corrected chi connectivity index (χ1v) is 13.9. The second-order valence-corrected chi connectivity index (χ2v) is 9.72. The molecule has 0 amide bonds. The van der Waals surface area contributed by atoms with E-state index in [1.165, 1.54) is 40.8 Å². The van der Waals surface area contributed by atoms with E-state index in [1.54, 1.807) is 0 Å². The maximum Gasteiger partial charge on any atom is 0.0499 e. The lowest BCUT2D eigenvalue weighted by atomic mass is 9.85. The van der Waals surface area contributed by atoms with E-state index in [0.717, 1.165) is 55.1 Å². The monoisotopic (exact) mass is 495 g/mol. The fraction of sp³-hybridized carbons (Fsp3) is 0.516. The van der Waals surface area contributed by atoms with Crippen molar-refractivity contribution < 1.29 is 0 Å². The third kappa shape index (κ3) is 7.95. The van der Waals surface area contributed by atoms with Crippen molar-refractivity contribution in [2.24, 2.45) is 0 Å². The Bertz CT molecular complexity index is 992. The van der Waals surface area contributed by atoms with Gasteiger partial charge in [0.15, 0.2) is 0 Å². The number of nitrogens with one attached hydrogen (secondary N) is 1. The van der Waals surface area contributed by atoms with Crippen molar-refractivity contribution in [2.75, 3.05) is 13.1 Å². The maximum atomic E-state index is 6.51. The van der Waals surface area contributed by atoms with Crippen LogP contribution in [0.3, 0.4) is 0 Å². The highest BCUT2D eigenvalue weighted by Gasteiger charge is 2.28. The van der Waals surface area contributed by atoms with Crippen molar-refractivity contribution in [2.45, 2.75) is 93.0 Å². The Morgan fingerprint density at radius 2 is 1.83 bits per heavy atom. The number of hydrogen-bond donors (Lipinski definition) is 1. The molecule has 1 atom stereocenters. The van der Waals surface area contributed by atoms with Crippen LogP contribution in [0.5, 0.6) is 0 Å². The number of aromatic nitrogens is 1. The SMILES string of the molecule is CC.CC/C=C(/NC1=C(C)CCN(C2CCc3cncc(C)c3C2)C1)c1ccccc1Cl.CCC. The second-order valence-electron chi connectivity index (χ2n) is 9.31. The van der Waals surface area contributed by atoms with Gasteiger partial charge in [-0.05, 0) is 68.7 Å². The highest BCUT2D eigenvalue weighted by atomic mass is 35.5. The van der Waals surface area contributed by atoms with E-state index in [1.807, 2.05) is 32.2 Å². The number of nitrogens with zero attached hydrogens (tertiary/aromatic N) is 2. The zero-order valence-corrected chi connectivity index (χ0v) is 23.8. The highest BCUT2D eigenvalue weighted by molar-refractivity contribution is 6.32. The summed E-state index contributed by atoms with van der Waals surface area (Å²) in [5.41, 5.74) is 9.29. The Hall–Kier alpha value is -2.10. The summed E-state index contributed by atoms with van der Waals surface area (Å²) in [6, 6.07) is 8.70. The van der Waals surface area contributed by atoms with Crippen molar-refractivity contribution in [3.05, 3.63) is 81.3 Å². The van der Waals surface area contributed by atoms with Gasteiger partial charge in [-0.15, -0.1) is 0 Å². The molecule has 0 radical (unpaired) electrons. The van der Waals surface area contributed by atoms with Crippen molar-refractivity contribution in [1.29, 1.82) is 0 Å². The Kier molecular flexibility index (Phi) is 12.6. The predicted octanol–water partition coefficient (Wildman–Crippen LogP) is 8.36. The molecule has 35 heavy (non-hydrogen) atoms. The van der Waals surface area contributed by atoms with Crippen LogP contribution in [0.4, 0.5) is 0 Å². The van der Waals surface area contributed by atoms with Gasteiger partial charge in [0.05, 0.1) is 0 Å². The lowest BCUT2D eigenvalue weighted by Crippen LogP contribution is -2.45. The Labute approximate surface area is 219 Å². The molecular weight excluding hydrogens is 450 g/mol. The van der Waals surface area contributed by atoms with Gasteiger partial charge >= 0.3 is 0 Å². The first-order chi connectivity index (χ1) is 17.0. The number of aryl methyl sites for hydroxylation is 2. The predicted molar refractivity (Wildman–Crippen MR) is 154 cm³/mol. The van der Waals surface area contributed by atoms with E-state index in [2.05, 4.69) is 74.2 Å². The molecule has 0 saturated heterocycles. The molecule has 0 bridgehead atoms. The zero-order chi connectivity index (χ0) is 25.8. The molecule has 1 unspecified atom stereocenters. The number of benzene rings is 1. The normalized spacial score (nSPS) is 18.1. The number of allylic oxidation sites excluding steroid dienone is 1. The average molecular weight is 496 g/mol. The molecule has 0 saturated carbocycles.